The van der Waals surface area contributed by atoms with Gasteiger partial charge >= 0.3 is 0 Å². The predicted molar refractivity (Wildman–Crippen MR) is 84.1 cm³/mol. The minimum atomic E-state index is -0.273. The van der Waals surface area contributed by atoms with E-state index in [1.807, 2.05) is 0 Å². The highest BCUT2D eigenvalue weighted by molar-refractivity contribution is 6.00. The van der Waals surface area contributed by atoms with E-state index in [0.29, 0.717) is 5.52 Å². The first kappa shape index (κ1) is 16.5. The van der Waals surface area contributed by atoms with Crippen LogP contribution in [0.1, 0.15) is 44.8 Å². The zero-order valence-electron chi connectivity index (χ0n) is 13.2. The Kier molecular flexibility index (Phi) is 4.99. The second kappa shape index (κ2) is 6.95. The van der Waals surface area contributed by atoms with Crippen LogP contribution in [0.15, 0.2) is 6.33 Å². The van der Waals surface area contributed by atoms with Crippen molar-refractivity contribution in [2.75, 3.05) is 10.6 Å². The molecule has 0 saturated heterocycles. The number of nitrogens with one attached hydrogen (secondary N) is 2. The lowest BCUT2D eigenvalue weighted by atomic mass is 10.4. The van der Waals surface area contributed by atoms with Crippen molar-refractivity contribution >= 4 is 40.7 Å². The Morgan fingerprint density at radius 2 is 1.65 bits per heavy atom. The molecule has 0 unspecified atom stereocenters. The van der Waals surface area contributed by atoms with E-state index in [-0.39, 0.29) is 54.4 Å². The molecule has 9 heteroatoms. The molecule has 0 spiro atoms. The number of amides is 2. The molecule has 0 aromatic carbocycles. The number of carbonyl (C=O) groups is 3. The van der Waals surface area contributed by atoms with Crippen molar-refractivity contribution in [2.24, 2.45) is 0 Å². The summed E-state index contributed by atoms with van der Waals surface area (Å²) in [4.78, 5) is 47.5. The van der Waals surface area contributed by atoms with Gasteiger partial charge < -0.3 is 5.32 Å². The molecule has 2 amide bonds. The van der Waals surface area contributed by atoms with Crippen molar-refractivity contribution in [3.63, 3.8) is 0 Å². The number of rotatable bonds is 5. The molecule has 0 saturated carbocycles. The molecule has 23 heavy (non-hydrogen) atoms. The summed E-state index contributed by atoms with van der Waals surface area (Å²) in [5.74, 6) is -0.553. The molecule has 2 heterocycles. The Labute approximate surface area is 132 Å². The van der Waals surface area contributed by atoms with Crippen LogP contribution in [0.3, 0.4) is 0 Å². The lowest BCUT2D eigenvalue weighted by molar-refractivity contribution is -0.116. The van der Waals surface area contributed by atoms with Gasteiger partial charge in [0.2, 0.25) is 23.7 Å². The normalized spacial score (nSPS) is 10.6. The molecular formula is C14H18N6O3. The Morgan fingerprint density at radius 3 is 2.26 bits per heavy atom. The third kappa shape index (κ3) is 3.50. The molecule has 0 aliphatic rings. The lowest BCUT2D eigenvalue weighted by Crippen LogP contribution is -2.17. The molecule has 0 atom stereocenters. The summed E-state index contributed by atoms with van der Waals surface area (Å²) >= 11 is 0. The molecule has 2 aromatic heterocycles. The first-order valence-electron chi connectivity index (χ1n) is 7.38. The number of hydrogen-bond donors (Lipinski definition) is 2. The molecular weight excluding hydrogens is 300 g/mol. The molecule has 9 nitrogen and oxygen atoms in total. The second-order valence-electron chi connectivity index (χ2n) is 4.73. The van der Waals surface area contributed by atoms with E-state index in [1.54, 1.807) is 20.8 Å². The van der Waals surface area contributed by atoms with Gasteiger partial charge in [-0.3, -0.25) is 24.3 Å². The highest BCUT2D eigenvalue weighted by Gasteiger charge is 2.18. The van der Waals surface area contributed by atoms with E-state index in [1.165, 1.54) is 10.9 Å². The number of fused-ring (bicyclic) bond motifs is 1. The zero-order valence-corrected chi connectivity index (χ0v) is 13.2. The Balaban J connectivity index is 2.57. The fourth-order valence-electron chi connectivity index (χ4n) is 1.83. The summed E-state index contributed by atoms with van der Waals surface area (Å²) in [6, 6.07) is 0. The average molecular weight is 318 g/mol. The topological polar surface area (TPSA) is 119 Å². The SMILES string of the molecule is CCC(=O)Nc1nc(NC(=O)CC)c2ncn(C(=O)CC)c2n1. The van der Waals surface area contributed by atoms with Crippen LogP contribution in [0.5, 0.6) is 0 Å². The van der Waals surface area contributed by atoms with Gasteiger partial charge in [-0.15, -0.1) is 0 Å². The van der Waals surface area contributed by atoms with Crippen LogP contribution in [-0.2, 0) is 9.59 Å². The fraction of sp³-hybridized carbons (Fsp3) is 0.429. The maximum absolute atomic E-state index is 12.0. The Hall–Kier alpha value is -2.84. The number of hydrogen-bond acceptors (Lipinski definition) is 6. The molecule has 0 bridgehead atoms. The van der Waals surface area contributed by atoms with Crippen LogP contribution in [0, 0.1) is 0 Å². The lowest BCUT2D eigenvalue weighted by Gasteiger charge is -2.08. The van der Waals surface area contributed by atoms with Crippen molar-refractivity contribution in [3.05, 3.63) is 6.33 Å². The van der Waals surface area contributed by atoms with Crippen LogP contribution in [-0.4, -0.2) is 37.2 Å². The minimum Gasteiger partial charge on any atom is -0.309 e. The quantitative estimate of drug-likeness (QED) is 0.863. The Morgan fingerprint density at radius 1 is 1.00 bits per heavy atom. The fourth-order valence-corrected chi connectivity index (χ4v) is 1.83. The molecule has 2 rings (SSSR count). The van der Waals surface area contributed by atoms with Gasteiger partial charge in [-0.1, -0.05) is 20.8 Å². The summed E-state index contributed by atoms with van der Waals surface area (Å²) in [5, 5.41) is 5.13. The molecule has 0 radical (unpaired) electrons. The van der Waals surface area contributed by atoms with Crippen molar-refractivity contribution in [1.82, 2.24) is 19.5 Å². The summed E-state index contributed by atoms with van der Waals surface area (Å²) in [6.07, 6.45) is 2.11. The third-order valence-electron chi connectivity index (χ3n) is 3.12. The number of anilines is 2. The zero-order chi connectivity index (χ0) is 17.0. The number of imidazole rings is 1. The summed E-state index contributed by atoms with van der Waals surface area (Å²) < 4.78 is 1.28. The van der Waals surface area contributed by atoms with Crippen LogP contribution >= 0.6 is 0 Å². The van der Waals surface area contributed by atoms with Crippen molar-refractivity contribution in [3.8, 4) is 0 Å². The number of carbonyl (C=O) groups excluding carboxylic acids is 3. The summed E-state index contributed by atoms with van der Waals surface area (Å²) in [5.41, 5.74) is 0.535. The van der Waals surface area contributed by atoms with E-state index in [2.05, 4.69) is 25.6 Å². The first-order valence-corrected chi connectivity index (χ1v) is 7.38. The smallest absolute Gasteiger partial charge is 0.233 e. The molecule has 122 valence electrons. The van der Waals surface area contributed by atoms with E-state index in [0.717, 1.165) is 0 Å². The van der Waals surface area contributed by atoms with Gasteiger partial charge in [0.05, 0.1) is 0 Å². The largest absolute Gasteiger partial charge is 0.309 e. The molecule has 2 N–H and O–H groups in total. The Bertz CT molecular complexity index is 767. The minimum absolute atomic E-state index is 0.0152. The van der Waals surface area contributed by atoms with Gasteiger partial charge in [-0.2, -0.15) is 9.97 Å². The monoisotopic (exact) mass is 318 g/mol. The predicted octanol–water partition coefficient (Wildman–Crippen LogP) is 1.57. The highest BCUT2D eigenvalue weighted by atomic mass is 16.2. The summed E-state index contributed by atoms with van der Waals surface area (Å²) in [6.45, 7) is 5.11. The van der Waals surface area contributed by atoms with Gasteiger partial charge in [-0.05, 0) is 0 Å². The van der Waals surface area contributed by atoms with Gasteiger partial charge in [0.15, 0.2) is 17.0 Å². The van der Waals surface area contributed by atoms with Gasteiger partial charge in [-0.25, -0.2) is 4.98 Å². The van der Waals surface area contributed by atoms with E-state index in [9.17, 15) is 14.4 Å². The van der Waals surface area contributed by atoms with Crippen molar-refractivity contribution < 1.29 is 14.4 Å². The van der Waals surface area contributed by atoms with Crippen LogP contribution in [0.2, 0.25) is 0 Å². The highest BCUT2D eigenvalue weighted by Crippen LogP contribution is 2.21. The van der Waals surface area contributed by atoms with E-state index >= 15 is 0 Å². The maximum atomic E-state index is 12.0. The average Bonchev–Trinajstić information content (AvgIpc) is 2.97. The van der Waals surface area contributed by atoms with Crippen LogP contribution in [0.4, 0.5) is 11.8 Å². The van der Waals surface area contributed by atoms with E-state index in [4.69, 9.17) is 0 Å². The van der Waals surface area contributed by atoms with Gasteiger partial charge in [0, 0.05) is 19.3 Å². The van der Waals surface area contributed by atoms with Crippen LogP contribution in [0.25, 0.3) is 11.2 Å². The first-order chi connectivity index (χ1) is 11.0. The van der Waals surface area contributed by atoms with Crippen molar-refractivity contribution in [1.29, 1.82) is 0 Å². The maximum Gasteiger partial charge on any atom is 0.233 e. The second-order valence-corrected chi connectivity index (χ2v) is 4.73. The number of nitrogens with zero attached hydrogens (tertiary/aromatic N) is 4. The number of aromatic nitrogens is 4. The van der Waals surface area contributed by atoms with Gasteiger partial charge in [0.1, 0.15) is 6.33 Å². The molecule has 2 aromatic rings. The van der Waals surface area contributed by atoms with Gasteiger partial charge in [0.25, 0.3) is 0 Å². The third-order valence-corrected chi connectivity index (χ3v) is 3.12. The summed E-state index contributed by atoms with van der Waals surface area (Å²) in [7, 11) is 0. The molecule has 0 fully saturated rings. The van der Waals surface area contributed by atoms with E-state index < -0.39 is 0 Å². The standard InChI is InChI=1S/C14H18N6O3/c1-4-8(21)16-12-11-13(20(7-15-11)10(23)6-3)19-14(18-12)17-9(22)5-2/h7H,4-6H2,1-3H3,(H2,16,17,18,19,21,22). The van der Waals surface area contributed by atoms with Crippen LogP contribution < -0.4 is 10.6 Å². The molecule has 0 aliphatic carbocycles. The van der Waals surface area contributed by atoms with Crippen molar-refractivity contribution in [2.45, 2.75) is 40.0 Å². The molecule has 0 aliphatic heterocycles.